The molecule has 3 aromatic rings. The van der Waals surface area contributed by atoms with Crippen LogP contribution in [0.4, 0.5) is 5.13 Å². The fourth-order valence-electron chi connectivity index (χ4n) is 2.80. The van der Waals surface area contributed by atoms with Crippen molar-refractivity contribution in [2.45, 2.75) is 10.9 Å². The van der Waals surface area contributed by atoms with Crippen LogP contribution in [-0.4, -0.2) is 57.2 Å². The number of methoxy groups -OCH3 is 3. The van der Waals surface area contributed by atoms with Gasteiger partial charge in [0.15, 0.2) is 11.5 Å². The van der Waals surface area contributed by atoms with Crippen LogP contribution in [-0.2, 0) is 16.6 Å². The molecule has 12 heteroatoms. The Hall–Kier alpha value is -3.22. The van der Waals surface area contributed by atoms with Gasteiger partial charge in [0.25, 0.3) is 15.9 Å². The number of carbonyl (C=O) groups is 1. The molecular weight excluding hydrogens is 456 g/mol. The molecule has 0 aliphatic rings. The predicted octanol–water partition coefficient (Wildman–Crippen LogP) is 2.64. The summed E-state index contributed by atoms with van der Waals surface area (Å²) in [6.07, 6.45) is 0. The molecule has 0 radical (unpaired) electrons. The van der Waals surface area contributed by atoms with E-state index in [1.165, 1.54) is 44.8 Å². The first-order valence-electron chi connectivity index (χ1n) is 9.25. The molecule has 0 aliphatic carbocycles. The molecule has 1 N–H and O–H groups in total. The third-order valence-corrected chi connectivity index (χ3v) is 7.42. The van der Waals surface area contributed by atoms with Gasteiger partial charge in [0.2, 0.25) is 15.2 Å². The van der Waals surface area contributed by atoms with Crippen molar-refractivity contribution in [3.05, 3.63) is 53.6 Å². The van der Waals surface area contributed by atoms with Crippen LogP contribution in [0.2, 0.25) is 0 Å². The van der Waals surface area contributed by atoms with Gasteiger partial charge in [-0.3, -0.25) is 10.1 Å². The Morgan fingerprint density at radius 2 is 1.66 bits per heavy atom. The standard InChI is InChI=1S/C20H22N4O6S2/c1-24(12-13-8-6-5-7-9-13)32(26,27)20-23-22-19(31-20)21-18(25)14-10-15(28-2)17(30-4)16(11-14)29-3/h5-11H,12H2,1-4H3,(H,21,22,25). The minimum atomic E-state index is -3.88. The maximum Gasteiger partial charge on any atom is 0.272 e. The maximum atomic E-state index is 12.8. The molecule has 1 heterocycles. The zero-order chi connectivity index (χ0) is 23.3. The highest BCUT2D eigenvalue weighted by Gasteiger charge is 2.26. The van der Waals surface area contributed by atoms with Crippen LogP contribution in [0.3, 0.4) is 0 Å². The van der Waals surface area contributed by atoms with Gasteiger partial charge in [0, 0.05) is 19.2 Å². The summed E-state index contributed by atoms with van der Waals surface area (Å²) >= 11 is 0.758. The quantitative estimate of drug-likeness (QED) is 0.466. The lowest BCUT2D eigenvalue weighted by Crippen LogP contribution is -2.26. The van der Waals surface area contributed by atoms with Crippen LogP contribution in [0.1, 0.15) is 15.9 Å². The zero-order valence-corrected chi connectivity index (χ0v) is 19.5. The largest absolute Gasteiger partial charge is 0.493 e. The number of amides is 1. The number of anilines is 1. The fourth-order valence-corrected chi connectivity index (χ4v) is 5.05. The van der Waals surface area contributed by atoms with Crippen molar-refractivity contribution in [1.29, 1.82) is 0 Å². The molecular formula is C20H22N4O6S2. The van der Waals surface area contributed by atoms with Crippen LogP contribution in [0.5, 0.6) is 17.2 Å². The molecule has 3 rings (SSSR count). The van der Waals surface area contributed by atoms with E-state index >= 15 is 0 Å². The molecule has 0 saturated heterocycles. The molecule has 0 saturated carbocycles. The number of hydrogen-bond acceptors (Lipinski definition) is 9. The number of nitrogens with zero attached hydrogens (tertiary/aromatic N) is 3. The van der Waals surface area contributed by atoms with E-state index in [1.807, 2.05) is 30.3 Å². The number of benzene rings is 2. The van der Waals surface area contributed by atoms with Gasteiger partial charge in [0.1, 0.15) is 0 Å². The van der Waals surface area contributed by atoms with E-state index < -0.39 is 15.9 Å². The van der Waals surface area contributed by atoms with E-state index in [0.717, 1.165) is 16.9 Å². The summed E-state index contributed by atoms with van der Waals surface area (Å²) in [5.74, 6) is 0.416. The molecule has 0 atom stereocenters. The Balaban J connectivity index is 1.78. The third kappa shape index (κ3) is 4.98. The first-order valence-corrected chi connectivity index (χ1v) is 11.5. The first-order chi connectivity index (χ1) is 15.3. The minimum Gasteiger partial charge on any atom is -0.493 e. The van der Waals surface area contributed by atoms with Gasteiger partial charge >= 0.3 is 0 Å². The normalized spacial score (nSPS) is 11.3. The Kier molecular flexibility index (Phi) is 7.28. The summed E-state index contributed by atoms with van der Waals surface area (Å²) in [7, 11) is 1.91. The number of aromatic nitrogens is 2. The van der Waals surface area contributed by atoms with Crippen molar-refractivity contribution in [1.82, 2.24) is 14.5 Å². The Morgan fingerprint density at radius 3 is 2.22 bits per heavy atom. The lowest BCUT2D eigenvalue weighted by molar-refractivity contribution is 0.102. The molecule has 0 bridgehead atoms. The summed E-state index contributed by atoms with van der Waals surface area (Å²) in [5, 5.41) is 10.1. The summed E-state index contributed by atoms with van der Waals surface area (Å²) in [4.78, 5) is 12.7. The second kappa shape index (κ2) is 9.94. The Labute approximate surface area is 189 Å². The molecule has 0 fully saturated rings. The van der Waals surface area contributed by atoms with Gasteiger partial charge in [-0.1, -0.05) is 41.7 Å². The average molecular weight is 479 g/mol. The molecule has 0 unspecified atom stereocenters. The van der Waals surface area contributed by atoms with E-state index in [-0.39, 0.29) is 21.6 Å². The number of ether oxygens (including phenoxy) is 3. The van der Waals surface area contributed by atoms with Crippen LogP contribution in [0.15, 0.2) is 46.8 Å². The molecule has 1 amide bonds. The minimum absolute atomic E-state index is 0.0374. The van der Waals surface area contributed by atoms with Crippen molar-refractivity contribution in [3.8, 4) is 17.2 Å². The lowest BCUT2D eigenvalue weighted by Gasteiger charge is -2.14. The van der Waals surface area contributed by atoms with Gasteiger partial charge in [0.05, 0.1) is 21.3 Å². The molecule has 2 aromatic carbocycles. The van der Waals surface area contributed by atoms with E-state index in [1.54, 1.807) is 0 Å². The second-order valence-electron chi connectivity index (χ2n) is 6.49. The van der Waals surface area contributed by atoms with Crippen LogP contribution >= 0.6 is 11.3 Å². The van der Waals surface area contributed by atoms with E-state index in [0.29, 0.717) is 17.2 Å². The molecule has 10 nitrogen and oxygen atoms in total. The maximum absolute atomic E-state index is 12.8. The van der Waals surface area contributed by atoms with E-state index in [2.05, 4.69) is 15.5 Å². The monoisotopic (exact) mass is 478 g/mol. The number of carbonyl (C=O) groups excluding carboxylic acids is 1. The van der Waals surface area contributed by atoms with Gasteiger partial charge in [-0.05, 0) is 17.7 Å². The summed E-state index contributed by atoms with van der Waals surface area (Å²) in [5.41, 5.74) is 1.04. The highest BCUT2D eigenvalue weighted by atomic mass is 32.2. The predicted molar refractivity (Wildman–Crippen MR) is 119 cm³/mol. The van der Waals surface area contributed by atoms with Crippen LogP contribution in [0.25, 0.3) is 0 Å². The zero-order valence-electron chi connectivity index (χ0n) is 17.9. The van der Waals surface area contributed by atoms with Crippen molar-refractivity contribution in [2.24, 2.45) is 0 Å². The molecule has 170 valence electrons. The highest BCUT2D eigenvalue weighted by molar-refractivity contribution is 7.91. The van der Waals surface area contributed by atoms with Crippen molar-refractivity contribution < 1.29 is 27.4 Å². The van der Waals surface area contributed by atoms with E-state index in [4.69, 9.17) is 14.2 Å². The smallest absolute Gasteiger partial charge is 0.272 e. The van der Waals surface area contributed by atoms with Crippen LogP contribution in [0, 0.1) is 0 Å². The Bertz CT molecular complexity index is 1170. The first kappa shape index (κ1) is 23.4. The summed E-state index contributed by atoms with van der Waals surface area (Å²) in [6.45, 7) is 0.176. The van der Waals surface area contributed by atoms with Gasteiger partial charge < -0.3 is 14.2 Å². The molecule has 0 aliphatic heterocycles. The SMILES string of the molecule is COc1cc(C(=O)Nc2nnc(S(=O)(=O)N(C)Cc3ccccc3)s2)cc(OC)c1OC. The van der Waals surface area contributed by atoms with Crippen LogP contribution < -0.4 is 19.5 Å². The fraction of sp³-hybridized carbons (Fsp3) is 0.250. The molecule has 1 aromatic heterocycles. The number of sulfonamides is 1. The second-order valence-corrected chi connectivity index (χ2v) is 9.68. The number of rotatable bonds is 9. The van der Waals surface area contributed by atoms with Gasteiger partial charge in [-0.15, -0.1) is 10.2 Å². The Morgan fingerprint density at radius 1 is 1.03 bits per heavy atom. The van der Waals surface area contributed by atoms with Crippen molar-refractivity contribution in [2.75, 3.05) is 33.7 Å². The summed E-state index contributed by atoms with van der Waals surface area (Å²) < 4.78 is 42.3. The topological polar surface area (TPSA) is 120 Å². The lowest BCUT2D eigenvalue weighted by atomic mass is 10.1. The van der Waals surface area contributed by atoms with Crippen molar-refractivity contribution >= 4 is 32.4 Å². The average Bonchev–Trinajstić information content (AvgIpc) is 3.27. The molecule has 0 spiro atoms. The third-order valence-electron chi connectivity index (χ3n) is 4.43. The summed E-state index contributed by atoms with van der Waals surface area (Å²) in [6, 6.07) is 12.1. The highest BCUT2D eigenvalue weighted by Crippen LogP contribution is 2.38. The van der Waals surface area contributed by atoms with Gasteiger partial charge in [-0.2, -0.15) is 4.31 Å². The van der Waals surface area contributed by atoms with Crippen molar-refractivity contribution in [3.63, 3.8) is 0 Å². The number of nitrogens with one attached hydrogen (secondary N) is 1. The van der Waals surface area contributed by atoms with E-state index in [9.17, 15) is 13.2 Å². The van der Waals surface area contributed by atoms with Gasteiger partial charge in [-0.25, -0.2) is 8.42 Å². The number of hydrogen-bond donors (Lipinski definition) is 1. The molecule has 32 heavy (non-hydrogen) atoms.